The van der Waals surface area contributed by atoms with Crippen molar-refractivity contribution in [2.24, 2.45) is 5.73 Å². The van der Waals surface area contributed by atoms with E-state index < -0.39 is 0 Å². The van der Waals surface area contributed by atoms with Crippen LogP contribution in [0.4, 0.5) is 5.82 Å². The maximum Gasteiger partial charge on any atom is 0.203 e. The van der Waals surface area contributed by atoms with E-state index in [0.29, 0.717) is 12.6 Å². The first kappa shape index (κ1) is 10.8. The molecule has 2 rings (SSSR count). The van der Waals surface area contributed by atoms with Crippen LogP contribution in [0.3, 0.4) is 0 Å². The number of nitrogens with zero attached hydrogens (tertiary/aromatic N) is 5. The van der Waals surface area contributed by atoms with Gasteiger partial charge in [0, 0.05) is 31.5 Å². The average Bonchev–Trinajstić information content (AvgIpc) is 2.73. The first-order chi connectivity index (χ1) is 7.74. The van der Waals surface area contributed by atoms with E-state index in [1.807, 2.05) is 10.6 Å². The Labute approximate surface area is 94.1 Å². The molecule has 2 heterocycles. The number of hydrogen-bond donors (Lipinski definition) is 1. The molecular weight excluding hydrogens is 204 g/mol. The van der Waals surface area contributed by atoms with Crippen LogP contribution in [-0.2, 0) is 0 Å². The van der Waals surface area contributed by atoms with Gasteiger partial charge in [-0.05, 0) is 13.8 Å². The first-order valence-electron chi connectivity index (χ1n) is 5.35. The third-order valence-corrected chi connectivity index (χ3v) is 2.46. The largest absolute Gasteiger partial charge is 0.350 e. The summed E-state index contributed by atoms with van der Waals surface area (Å²) in [6, 6.07) is 0.332. The summed E-state index contributed by atoms with van der Waals surface area (Å²) >= 11 is 0. The lowest BCUT2D eigenvalue weighted by molar-refractivity contribution is 0.674. The minimum Gasteiger partial charge on any atom is -0.350 e. The summed E-state index contributed by atoms with van der Waals surface area (Å²) in [6.07, 6.45) is 5.25. The topological polar surface area (TPSA) is 72.3 Å². The Morgan fingerprint density at radius 2 is 2.31 bits per heavy atom. The monoisotopic (exact) mass is 220 g/mol. The molecule has 0 unspecified atom stereocenters. The molecule has 2 aromatic rings. The van der Waals surface area contributed by atoms with Crippen LogP contribution in [0.2, 0.25) is 0 Å². The fourth-order valence-electron chi connectivity index (χ4n) is 1.70. The minimum absolute atomic E-state index is 0.332. The molecule has 6 nitrogen and oxygen atoms in total. The van der Waals surface area contributed by atoms with E-state index in [0.717, 1.165) is 18.0 Å². The molecule has 86 valence electrons. The molecule has 2 N–H and O–H groups in total. The van der Waals surface area contributed by atoms with Gasteiger partial charge < -0.3 is 10.6 Å². The predicted octanol–water partition coefficient (Wildman–Crippen LogP) is 0.298. The molecule has 0 fully saturated rings. The van der Waals surface area contributed by atoms with Crippen LogP contribution in [0.1, 0.15) is 13.8 Å². The lowest BCUT2D eigenvalue weighted by Gasteiger charge is -2.27. The van der Waals surface area contributed by atoms with E-state index in [-0.39, 0.29) is 0 Å². The van der Waals surface area contributed by atoms with Crippen LogP contribution in [0, 0.1) is 0 Å². The third-order valence-electron chi connectivity index (χ3n) is 2.46. The van der Waals surface area contributed by atoms with E-state index in [4.69, 9.17) is 5.73 Å². The molecule has 0 spiro atoms. The number of nitrogens with two attached hydrogens (primary N) is 1. The van der Waals surface area contributed by atoms with Gasteiger partial charge in [0.25, 0.3) is 0 Å². The Morgan fingerprint density at radius 3 is 3.00 bits per heavy atom. The Kier molecular flexibility index (Phi) is 3.00. The van der Waals surface area contributed by atoms with Gasteiger partial charge in [0.15, 0.2) is 5.82 Å². The third kappa shape index (κ3) is 1.83. The van der Waals surface area contributed by atoms with Gasteiger partial charge in [0.05, 0.1) is 0 Å². The van der Waals surface area contributed by atoms with Crippen molar-refractivity contribution in [3.63, 3.8) is 0 Å². The number of anilines is 1. The minimum atomic E-state index is 0.332. The summed E-state index contributed by atoms with van der Waals surface area (Å²) in [5.74, 6) is 0.834. The zero-order valence-corrected chi connectivity index (χ0v) is 9.54. The summed E-state index contributed by atoms with van der Waals surface area (Å²) in [5.41, 5.74) is 6.38. The van der Waals surface area contributed by atoms with Crippen molar-refractivity contribution in [2.75, 3.05) is 18.0 Å². The number of rotatable bonds is 4. The first-order valence-corrected chi connectivity index (χ1v) is 5.35. The Bertz CT molecular complexity index is 463. The standard InChI is InChI=1S/C10H16N6/c1-8(2)16(5-3-11)9-10-14-13-7-15(10)6-4-12-9/h4,6-8H,3,5,11H2,1-2H3. The van der Waals surface area contributed by atoms with Crippen molar-refractivity contribution in [1.82, 2.24) is 19.6 Å². The number of fused-ring (bicyclic) bond motifs is 1. The average molecular weight is 220 g/mol. The van der Waals surface area contributed by atoms with E-state index in [1.165, 1.54) is 0 Å². The van der Waals surface area contributed by atoms with Gasteiger partial charge in [-0.15, -0.1) is 10.2 Å². The van der Waals surface area contributed by atoms with Gasteiger partial charge in [0.1, 0.15) is 6.33 Å². The van der Waals surface area contributed by atoms with Gasteiger partial charge in [0.2, 0.25) is 5.65 Å². The highest BCUT2D eigenvalue weighted by molar-refractivity contribution is 5.63. The fraction of sp³-hybridized carbons (Fsp3) is 0.500. The van der Waals surface area contributed by atoms with Gasteiger partial charge in [-0.25, -0.2) is 4.98 Å². The molecule has 0 amide bonds. The second-order valence-corrected chi connectivity index (χ2v) is 3.89. The predicted molar refractivity (Wildman–Crippen MR) is 62.3 cm³/mol. The van der Waals surface area contributed by atoms with Crippen LogP contribution >= 0.6 is 0 Å². The molecule has 16 heavy (non-hydrogen) atoms. The Morgan fingerprint density at radius 1 is 1.50 bits per heavy atom. The Balaban J connectivity index is 2.47. The van der Waals surface area contributed by atoms with Gasteiger partial charge in [-0.2, -0.15) is 0 Å². The van der Waals surface area contributed by atoms with Crippen molar-refractivity contribution in [3.05, 3.63) is 18.7 Å². The highest BCUT2D eigenvalue weighted by Crippen LogP contribution is 2.17. The van der Waals surface area contributed by atoms with Crippen molar-refractivity contribution in [1.29, 1.82) is 0 Å². The van der Waals surface area contributed by atoms with E-state index in [2.05, 4.69) is 33.9 Å². The summed E-state index contributed by atoms with van der Waals surface area (Å²) in [6.45, 7) is 5.57. The normalized spacial score (nSPS) is 11.2. The van der Waals surface area contributed by atoms with Crippen LogP contribution < -0.4 is 10.6 Å². The molecule has 0 aliphatic heterocycles. The van der Waals surface area contributed by atoms with Crippen molar-refractivity contribution in [2.45, 2.75) is 19.9 Å². The molecule has 0 bridgehead atoms. The molecule has 0 aromatic carbocycles. The van der Waals surface area contributed by atoms with E-state index in [1.54, 1.807) is 12.5 Å². The van der Waals surface area contributed by atoms with Crippen LogP contribution in [-0.4, -0.2) is 38.7 Å². The zero-order chi connectivity index (χ0) is 11.5. The van der Waals surface area contributed by atoms with Crippen molar-refractivity contribution < 1.29 is 0 Å². The van der Waals surface area contributed by atoms with Crippen molar-refractivity contribution in [3.8, 4) is 0 Å². The van der Waals surface area contributed by atoms with E-state index >= 15 is 0 Å². The Hall–Kier alpha value is -1.69. The highest BCUT2D eigenvalue weighted by atomic mass is 15.3. The molecule has 2 aromatic heterocycles. The molecule has 0 aliphatic rings. The zero-order valence-electron chi connectivity index (χ0n) is 9.54. The smallest absolute Gasteiger partial charge is 0.203 e. The SMILES string of the molecule is CC(C)N(CCN)c1nccn2cnnc12. The quantitative estimate of drug-likeness (QED) is 0.802. The van der Waals surface area contributed by atoms with Crippen LogP contribution in [0.25, 0.3) is 5.65 Å². The molecule has 0 saturated carbocycles. The second-order valence-electron chi connectivity index (χ2n) is 3.89. The highest BCUT2D eigenvalue weighted by Gasteiger charge is 2.15. The maximum absolute atomic E-state index is 5.61. The molecule has 0 atom stereocenters. The number of hydrogen-bond acceptors (Lipinski definition) is 5. The second kappa shape index (κ2) is 4.44. The van der Waals surface area contributed by atoms with Gasteiger partial charge >= 0.3 is 0 Å². The van der Waals surface area contributed by atoms with Crippen molar-refractivity contribution >= 4 is 11.5 Å². The lowest BCUT2D eigenvalue weighted by atomic mass is 10.3. The van der Waals surface area contributed by atoms with E-state index in [9.17, 15) is 0 Å². The molecule has 0 radical (unpaired) electrons. The summed E-state index contributed by atoms with van der Waals surface area (Å²) in [5, 5.41) is 7.95. The maximum atomic E-state index is 5.61. The molecule has 0 aliphatic carbocycles. The van der Waals surface area contributed by atoms with Gasteiger partial charge in [-0.3, -0.25) is 4.40 Å². The number of aromatic nitrogens is 4. The molecular formula is C10H16N6. The van der Waals surface area contributed by atoms with Crippen LogP contribution in [0.5, 0.6) is 0 Å². The van der Waals surface area contributed by atoms with Crippen LogP contribution in [0.15, 0.2) is 18.7 Å². The summed E-state index contributed by atoms with van der Waals surface area (Å²) < 4.78 is 1.86. The van der Waals surface area contributed by atoms with Gasteiger partial charge in [-0.1, -0.05) is 0 Å². The lowest BCUT2D eigenvalue weighted by Crippen LogP contribution is -2.36. The fourth-order valence-corrected chi connectivity index (χ4v) is 1.70. The summed E-state index contributed by atoms with van der Waals surface area (Å²) in [4.78, 5) is 6.50. The molecule has 6 heteroatoms. The molecule has 0 saturated heterocycles. The summed E-state index contributed by atoms with van der Waals surface area (Å²) in [7, 11) is 0.